The molecule has 1 amide bonds. The Labute approximate surface area is 133 Å². The lowest BCUT2D eigenvalue weighted by molar-refractivity contribution is 0.0736. The van der Waals surface area contributed by atoms with Crippen LogP contribution in [0.5, 0.6) is 11.5 Å². The van der Waals surface area contributed by atoms with Crippen molar-refractivity contribution >= 4 is 17.2 Å². The molecule has 0 saturated carbocycles. The lowest BCUT2D eigenvalue weighted by Crippen LogP contribution is -2.30. The molecule has 1 unspecified atom stereocenters. The van der Waals surface area contributed by atoms with E-state index in [0.29, 0.717) is 24.5 Å². The summed E-state index contributed by atoms with van der Waals surface area (Å²) in [5.41, 5.74) is 0.674. The topological polar surface area (TPSA) is 38.8 Å². The van der Waals surface area contributed by atoms with Gasteiger partial charge in [-0.15, -0.1) is 11.3 Å². The van der Waals surface area contributed by atoms with Gasteiger partial charge >= 0.3 is 0 Å². The highest BCUT2D eigenvalue weighted by molar-refractivity contribution is 7.10. The van der Waals surface area contributed by atoms with E-state index >= 15 is 0 Å². The Balaban J connectivity index is 1.61. The van der Waals surface area contributed by atoms with Gasteiger partial charge in [0.1, 0.15) is 13.2 Å². The molecule has 5 heteroatoms. The Kier molecular flexibility index (Phi) is 3.50. The third kappa shape index (κ3) is 2.35. The summed E-state index contributed by atoms with van der Waals surface area (Å²) in [5.74, 6) is 1.47. The highest BCUT2D eigenvalue weighted by atomic mass is 32.1. The van der Waals surface area contributed by atoms with Crippen LogP contribution in [0.2, 0.25) is 0 Å². The van der Waals surface area contributed by atoms with E-state index < -0.39 is 0 Å². The SMILES string of the molecule is O=C(c1ccc2c(c1)OCCO2)N1CCCC1c1cccs1. The van der Waals surface area contributed by atoms with E-state index in [1.54, 1.807) is 17.4 Å². The summed E-state index contributed by atoms with van der Waals surface area (Å²) in [6, 6.07) is 9.84. The molecule has 0 aliphatic carbocycles. The Morgan fingerprint density at radius 1 is 1.18 bits per heavy atom. The molecule has 0 bridgehead atoms. The number of hydrogen-bond donors (Lipinski definition) is 0. The molecule has 114 valence electrons. The number of rotatable bonds is 2. The smallest absolute Gasteiger partial charge is 0.254 e. The molecule has 0 spiro atoms. The number of amides is 1. The fourth-order valence-electron chi connectivity index (χ4n) is 3.13. The maximum Gasteiger partial charge on any atom is 0.254 e. The van der Waals surface area contributed by atoms with Gasteiger partial charge in [0.05, 0.1) is 6.04 Å². The van der Waals surface area contributed by atoms with Crippen LogP contribution in [0.1, 0.15) is 34.1 Å². The molecule has 4 rings (SSSR count). The minimum Gasteiger partial charge on any atom is -0.486 e. The number of ether oxygens (including phenoxy) is 2. The molecule has 22 heavy (non-hydrogen) atoms. The van der Waals surface area contributed by atoms with Crippen LogP contribution in [0.3, 0.4) is 0 Å². The van der Waals surface area contributed by atoms with Crippen molar-refractivity contribution in [3.63, 3.8) is 0 Å². The Morgan fingerprint density at radius 2 is 2.05 bits per heavy atom. The number of carbonyl (C=O) groups is 1. The van der Waals surface area contributed by atoms with Crippen molar-refractivity contribution in [2.45, 2.75) is 18.9 Å². The summed E-state index contributed by atoms with van der Waals surface area (Å²) in [6.45, 7) is 1.91. The van der Waals surface area contributed by atoms with E-state index in [1.165, 1.54) is 4.88 Å². The van der Waals surface area contributed by atoms with Gasteiger partial charge in [0.25, 0.3) is 5.91 Å². The predicted octanol–water partition coefficient (Wildman–Crippen LogP) is 3.50. The summed E-state index contributed by atoms with van der Waals surface area (Å²) in [6.07, 6.45) is 2.09. The Bertz CT molecular complexity index is 683. The maximum atomic E-state index is 12.9. The number of carbonyl (C=O) groups excluding carboxylic acids is 1. The fraction of sp³-hybridized carbons (Fsp3) is 0.353. The summed E-state index contributed by atoms with van der Waals surface area (Å²) in [4.78, 5) is 16.1. The molecular formula is C17H17NO3S. The van der Waals surface area contributed by atoms with Crippen LogP contribution in [0.15, 0.2) is 35.7 Å². The number of likely N-dealkylation sites (tertiary alicyclic amines) is 1. The van der Waals surface area contributed by atoms with Gasteiger partial charge in [-0.3, -0.25) is 4.79 Å². The average molecular weight is 315 g/mol. The second-order valence-corrected chi connectivity index (χ2v) is 6.51. The van der Waals surface area contributed by atoms with Gasteiger partial charge < -0.3 is 14.4 Å². The predicted molar refractivity (Wildman–Crippen MR) is 84.8 cm³/mol. The minimum absolute atomic E-state index is 0.0767. The van der Waals surface area contributed by atoms with Crippen molar-refractivity contribution < 1.29 is 14.3 Å². The van der Waals surface area contributed by atoms with Crippen LogP contribution in [0.4, 0.5) is 0 Å². The summed E-state index contributed by atoms with van der Waals surface area (Å²) < 4.78 is 11.1. The van der Waals surface area contributed by atoms with Crippen molar-refractivity contribution in [2.24, 2.45) is 0 Å². The highest BCUT2D eigenvalue weighted by Gasteiger charge is 2.31. The van der Waals surface area contributed by atoms with E-state index in [2.05, 4.69) is 11.4 Å². The summed E-state index contributed by atoms with van der Waals surface area (Å²) >= 11 is 1.72. The first-order chi connectivity index (χ1) is 10.8. The largest absolute Gasteiger partial charge is 0.486 e. The van der Waals surface area contributed by atoms with E-state index in [9.17, 15) is 4.79 Å². The third-order valence-corrected chi connectivity index (χ3v) is 5.15. The molecule has 1 atom stereocenters. The van der Waals surface area contributed by atoms with E-state index in [1.807, 2.05) is 23.1 Å². The summed E-state index contributed by atoms with van der Waals surface area (Å²) in [7, 11) is 0. The number of hydrogen-bond acceptors (Lipinski definition) is 4. The first-order valence-electron chi connectivity index (χ1n) is 7.57. The van der Waals surface area contributed by atoms with Gasteiger partial charge in [0.2, 0.25) is 0 Å². The maximum absolute atomic E-state index is 12.9. The van der Waals surface area contributed by atoms with Gasteiger partial charge in [-0.1, -0.05) is 6.07 Å². The van der Waals surface area contributed by atoms with Crippen molar-refractivity contribution in [3.8, 4) is 11.5 Å². The van der Waals surface area contributed by atoms with Crippen LogP contribution in [-0.2, 0) is 0 Å². The van der Waals surface area contributed by atoms with Crippen LogP contribution < -0.4 is 9.47 Å². The number of benzene rings is 1. The van der Waals surface area contributed by atoms with E-state index in [4.69, 9.17) is 9.47 Å². The normalized spacial score (nSPS) is 20.2. The lowest BCUT2D eigenvalue weighted by Gasteiger charge is -2.25. The zero-order chi connectivity index (χ0) is 14.9. The molecule has 1 fully saturated rings. The van der Waals surface area contributed by atoms with Crippen LogP contribution in [-0.4, -0.2) is 30.6 Å². The molecule has 2 aliphatic heterocycles. The molecular weight excluding hydrogens is 298 g/mol. The Morgan fingerprint density at radius 3 is 2.86 bits per heavy atom. The molecule has 1 saturated heterocycles. The van der Waals surface area contributed by atoms with Gasteiger partial charge in [0.15, 0.2) is 11.5 Å². The zero-order valence-corrected chi connectivity index (χ0v) is 13.0. The fourth-order valence-corrected chi connectivity index (χ4v) is 4.00. The highest BCUT2D eigenvalue weighted by Crippen LogP contribution is 2.37. The Hall–Kier alpha value is -2.01. The van der Waals surface area contributed by atoms with Gasteiger partial charge in [-0.25, -0.2) is 0 Å². The average Bonchev–Trinajstić information content (AvgIpc) is 3.24. The third-order valence-electron chi connectivity index (χ3n) is 4.17. The van der Waals surface area contributed by atoms with Crippen molar-refractivity contribution in [2.75, 3.05) is 19.8 Å². The second kappa shape index (κ2) is 5.65. The van der Waals surface area contributed by atoms with Crippen molar-refractivity contribution in [1.82, 2.24) is 4.90 Å². The molecule has 0 N–H and O–H groups in total. The standard InChI is InChI=1S/C17H17NO3S/c19-17(12-5-6-14-15(11-12)21-9-8-20-14)18-7-1-3-13(18)16-4-2-10-22-16/h2,4-6,10-11,13H,1,3,7-9H2. The van der Waals surface area contributed by atoms with Crippen molar-refractivity contribution in [1.29, 1.82) is 0 Å². The van der Waals surface area contributed by atoms with Gasteiger partial charge in [0, 0.05) is 17.0 Å². The molecule has 1 aromatic heterocycles. The zero-order valence-electron chi connectivity index (χ0n) is 12.2. The molecule has 0 radical (unpaired) electrons. The second-order valence-electron chi connectivity index (χ2n) is 5.53. The van der Waals surface area contributed by atoms with Crippen LogP contribution in [0, 0.1) is 0 Å². The molecule has 2 aromatic rings. The van der Waals surface area contributed by atoms with E-state index in [0.717, 1.165) is 25.1 Å². The van der Waals surface area contributed by atoms with Crippen LogP contribution in [0.25, 0.3) is 0 Å². The van der Waals surface area contributed by atoms with Crippen molar-refractivity contribution in [3.05, 3.63) is 46.2 Å². The first-order valence-corrected chi connectivity index (χ1v) is 8.45. The number of thiophene rings is 1. The molecule has 4 nitrogen and oxygen atoms in total. The number of fused-ring (bicyclic) bond motifs is 1. The molecule has 2 aliphatic rings. The van der Waals surface area contributed by atoms with Crippen LogP contribution >= 0.6 is 11.3 Å². The van der Waals surface area contributed by atoms with Gasteiger partial charge in [-0.05, 0) is 42.5 Å². The monoisotopic (exact) mass is 315 g/mol. The molecule has 3 heterocycles. The summed E-state index contributed by atoms with van der Waals surface area (Å²) in [5, 5.41) is 2.07. The lowest BCUT2D eigenvalue weighted by atomic mass is 10.1. The minimum atomic E-state index is 0.0767. The quantitative estimate of drug-likeness (QED) is 0.851. The first kappa shape index (κ1) is 13.6. The number of nitrogens with zero attached hydrogens (tertiary/aromatic N) is 1. The van der Waals surface area contributed by atoms with E-state index in [-0.39, 0.29) is 11.9 Å². The molecule has 1 aromatic carbocycles. The van der Waals surface area contributed by atoms with Gasteiger partial charge in [-0.2, -0.15) is 0 Å².